The van der Waals surface area contributed by atoms with Gasteiger partial charge < -0.3 is 14.8 Å². The van der Waals surface area contributed by atoms with Crippen LogP contribution in [0.4, 0.5) is 4.79 Å². The lowest BCUT2D eigenvalue weighted by molar-refractivity contribution is 0.0494. The molecule has 1 heterocycles. The van der Waals surface area contributed by atoms with Gasteiger partial charge in [0.15, 0.2) is 5.69 Å². The van der Waals surface area contributed by atoms with Gasteiger partial charge in [-0.3, -0.25) is 0 Å². The standard InChI is InChI=1S/C14H18BrN3O4/c1-13(2,3)22-12(20)16-14(5-6-14)8-7-9(11(19)21-4)17-18-10(8)15/h7H,5-6H2,1-4H3,(H,16,20). The van der Waals surface area contributed by atoms with Crippen LogP contribution in [0.2, 0.25) is 0 Å². The Kier molecular flexibility index (Phi) is 4.42. The van der Waals surface area contributed by atoms with Crippen LogP contribution >= 0.6 is 15.9 Å². The molecule has 7 nitrogen and oxygen atoms in total. The van der Waals surface area contributed by atoms with E-state index in [1.54, 1.807) is 26.8 Å². The Hall–Kier alpha value is -1.70. The van der Waals surface area contributed by atoms with Crippen molar-refractivity contribution in [2.24, 2.45) is 0 Å². The molecule has 120 valence electrons. The number of amides is 1. The third-order valence-corrected chi connectivity index (χ3v) is 3.73. The van der Waals surface area contributed by atoms with Gasteiger partial charge in [-0.2, -0.15) is 0 Å². The van der Waals surface area contributed by atoms with Gasteiger partial charge in [0.2, 0.25) is 0 Å². The second-order valence-corrected chi connectivity index (χ2v) is 6.89. The van der Waals surface area contributed by atoms with Crippen molar-refractivity contribution in [2.75, 3.05) is 7.11 Å². The quantitative estimate of drug-likeness (QED) is 0.820. The smallest absolute Gasteiger partial charge is 0.408 e. The fourth-order valence-electron chi connectivity index (χ4n) is 2.00. The number of esters is 1. The fourth-order valence-corrected chi connectivity index (χ4v) is 2.58. The SMILES string of the molecule is COC(=O)c1cc(C2(NC(=O)OC(C)(C)C)CC2)c(Br)nn1. The van der Waals surface area contributed by atoms with Gasteiger partial charge in [0.05, 0.1) is 12.6 Å². The van der Waals surface area contributed by atoms with Crippen LogP contribution < -0.4 is 5.32 Å². The van der Waals surface area contributed by atoms with Gasteiger partial charge in [-0.15, -0.1) is 10.2 Å². The van der Waals surface area contributed by atoms with E-state index in [1.165, 1.54) is 7.11 Å². The molecule has 8 heteroatoms. The summed E-state index contributed by atoms with van der Waals surface area (Å²) in [5.74, 6) is -0.575. The third kappa shape index (κ3) is 3.73. The lowest BCUT2D eigenvalue weighted by atomic mass is 10.1. The number of nitrogens with one attached hydrogen (secondary N) is 1. The molecule has 0 saturated heterocycles. The molecule has 2 rings (SSSR count). The van der Waals surface area contributed by atoms with Crippen molar-refractivity contribution in [3.05, 3.63) is 21.9 Å². The molecule has 22 heavy (non-hydrogen) atoms. The average molecular weight is 372 g/mol. The molecule has 0 atom stereocenters. The number of hydrogen-bond acceptors (Lipinski definition) is 6. The Morgan fingerprint density at radius 3 is 2.45 bits per heavy atom. The van der Waals surface area contributed by atoms with Crippen LogP contribution in [-0.2, 0) is 15.0 Å². The molecular weight excluding hydrogens is 354 g/mol. The second-order valence-electron chi connectivity index (χ2n) is 6.13. The third-order valence-electron chi connectivity index (χ3n) is 3.15. The van der Waals surface area contributed by atoms with Crippen LogP contribution in [-0.4, -0.2) is 35.0 Å². The Morgan fingerprint density at radius 2 is 1.95 bits per heavy atom. The lowest BCUT2D eigenvalue weighted by Crippen LogP contribution is -2.39. The van der Waals surface area contributed by atoms with E-state index in [-0.39, 0.29) is 5.69 Å². The van der Waals surface area contributed by atoms with Gasteiger partial charge in [-0.1, -0.05) is 0 Å². The topological polar surface area (TPSA) is 90.4 Å². The number of methoxy groups -OCH3 is 1. The number of carbonyl (C=O) groups excluding carboxylic acids is 2. The summed E-state index contributed by atoms with van der Waals surface area (Å²) in [6.07, 6.45) is 0.960. The minimum atomic E-state index is -0.583. The molecule has 1 aromatic heterocycles. The van der Waals surface area contributed by atoms with Crippen molar-refractivity contribution in [2.45, 2.75) is 44.8 Å². The number of hydrogen-bond donors (Lipinski definition) is 1. The molecule has 1 amide bonds. The van der Waals surface area contributed by atoms with Crippen molar-refractivity contribution in [3.63, 3.8) is 0 Å². The predicted molar refractivity (Wildman–Crippen MR) is 81.4 cm³/mol. The monoisotopic (exact) mass is 371 g/mol. The van der Waals surface area contributed by atoms with Gasteiger partial charge in [0.1, 0.15) is 10.2 Å². The fraction of sp³-hybridized carbons (Fsp3) is 0.571. The van der Waals surface area contributed by atoms with E-state index in [9.17, 15) is 9.59 Å². The summed E-state index contributed by atoms with van der Waals surface area (Å²) < 4.78 is 10.4. The maximum Gasteiger partial charge on any atom is 0.408 e. The lowest BCUT2D eigenvalue weighted by Gasteiger charge is -2.24. The van der Waals surface area contributed by atoms with Crippen LogP contribution in [0.25, 0.3) is 0 Å². The zero-order valence-electron chi connectivity index (χ0n) is 12.9. The maximum atomic E-state index is 12.0. The van der Waals surface area contributed by atoms with E-state index in [0.717, 1.165) is 12.8 Å². The summed E-state index contributed by atoms with van der Waals surface area (Å²) in [4.78, 5) is 23.6. The predicted octanol–water partition coefficient (Wildman–Crippen LogP) is 2.54. The maximum absolute atomic E-state index is 12.0. The summed E-state index contributed by atoms with van der Waals surface area (Å²) in [6, 6.07) is 1.58. The highest BCUT2D eigenvalue weighted by atomic mass is 79.9. The van der Waals surface area contributed by atoms with Crippen molar-refractivity contribution >= 4 is 28.0 Å². The summed E-state index contributed by atoms with van der Waals surface area (Å²) in [5.41, 5.74) is -0.378. The molecule has 0 unspecified atom stereocenters. The number of halogens is 1. The number of ether oxygens (including phenoxy) is 2. The van der Waals surface area contributed by atoms with Crippen molar-refractivity contribution in [1.29, 1.82) is 0 Å². The summed E-state index contributed by atoms with van der Waals surface area (Å²) in [7, 11) is 1.28. The molecule has 1 saturated carbocycles. The van der Waals surface area contributed by atoms with E-state index < -0.39 is 23.2 Å². The average Bonchev–Trinajstić information content (AvgIpc) is 3.16. The van der Waals surface area contributed by atoms with Gasteiger partial charge in [0, 0.05) is 5.56 Å². The largest absolute Gasteiger partial charge is 0.464 e. The minimum absolute atomic E-state index is 0.0953. The number of carbonyl (C=O) groups is 2. The van der Waals surface area contributed by atoms with Gasteiger partial charge in [0.25, 0.3) is 0 Å². The Morgan fingerprint density at radius 1 is 1.32 bits per heavy atom. The van der Waals surface area contributed by atoms with Crippen LogP contribution in [0.15, 0.2) is 10.7 Å². The molecule has 1 N–H and O–H groups in total. The molecule has 1 fully saturated rings. The first-order valence-electron chi connectivity index (χ1n) is 6.80. The van der Waals surface area contributed by atoms with Crippen LogP contribution in [0, 0.1) is 0 Å². The molecular formula is C14H18BrN3O4. The molecule has 0 radical (unpaired) electrons. The number of rotatable bonds is 3. The van der Waals surface area contributed by atoms with Crippen molar-refractivity contribution < 1.29 is 19.1 Å². The Bertz CT molecular complexity index is 609. The number of aromatic nitrogens is 2. The van der Waals surface area contributed by atoms with Crippen molar-refractivity contribution in [1.82, 2.24) is 15.5 Å². The van der Waals surface area contributed by atoms with Crippen LogP contribution in [0.3, 0.4) is 0 Å². The molecule has 0 aromatic carbocycles. The first-order valence-corrected chi connectivity index (χ1v) is 7.59. The number of alkyl carbamates (subject to hydrolysis) is 1. The van der Waals surface area contributed by atoms with Gasteiger partial charge >= 0.3 is 12.1 Å². The minimum Gasteiger partial charge on any atom is -0.464 e. The van der Waals surface area contributed by atoms with Gasteiger partial charge in [-0.25, -0.2) is 9.59 Å². The number of nitrogens with zero attached hydrogens (tertiary/aromatic N) is 2. The summed E-state index contributed by atoms with van der Waals surface area (Å²) in [6.45, 7) is 5.39. The van der Waals surface area contributed by atoms with Crippen LogP contribution in [0.5, 0.6) is 0 Å². The normalized spacial score (nSPS) is 15.9. The molecule has 0 aliphatic heterocycles. The highest BCUT2D eigenvalue weighted by Gasteiger charge is 2.48. The summed E-state index contributed by atoms with van der Waals surface area (Å²) >= 11 is 3.31. The van der Waals surface area contributed by atoms with E-state index in [4.69, 9.17) is 4.74 Å². The first-order chi connectivity index (χ1) is 10.2. The highest BCUT2D eigenvalue weighted by Crippen LogP contribution is 2.47. The van der Waals surface area contributed by atoms with Crippen molar-refractivity contribution in [3.8, 4) is 0 Å². The Labute approximate surface area is 136 Å². The van der Waals surface area contributed by atoms with E-state index in [2.05, 4.69) is 36.2 Å². The second kappa shape index (κ2) is 5.83. The zero-order valence-corrected chi connectivity index (χ0v) is 14.5. The first kappa shape index (κ1) is 16.7. The molecule has 0 bridgehead atoms. The molecule has 1 aliphatic carbocycles. The van der Waals surface area contributed by atoms with E-state index in [0.29, 0.717) is 10.2 Å². The van der Waals surface area contributed by atoms with E-state index in [1.807, 2.05) is 0 Å². The Balaban J connectivity index is 2.23. The zero-order chi connectivity index (χ0) is 16.5. The molecule has 1 aliphatic rings. The molecule has 1 aromatic rings. The summed E-state index contributed by atoms with van der Waals surface area (Å²) in [5, 5.41) is 10.5. The van der Waals surface area contributed by atoms with E-state index >= 15 is 0 Å². The highest BCUT2D eigenvalue weighted by molar-refractivity contribution is 9.10. The molecule has 0 spiro atoms. The van der Waals surface area contributed by atoms with Crippen LogP contribution in [0.1, 0.15) is 49.7 Å². The van der Waals surface area contributed by atoms with Gasteiger partial charge in [-0.05, 0) is 55.6 Å².